The summed E-state index contributed by atoms with van der Waals surface area (Å²) >= 11 is 0. The predicted molar refractivity (Wildman–Crippen MR) is 49.3 cm³/mol. The molecule has 0 saturated heterocycles. The van der Waals surface area contributed by atoms with Crippen LogP contribution in [0.25, 0.3) is 0 Å². The number of nitrogen functional groups attached to an aromatic ring is 1. The molecule has 0 atom stereocenters. The van der Waals surface area contributed by atoms with Crippen LogP contribution in [0.3, 0.4) is 0 Å². The molecule has 1 aromatic heterocycles. The van der Waals surface area contributed by atoms with E-state index in [4.69, 9.17) is 10.5 Å². The monoisotopic (exact) mass is 166 g/mol. The number of nitrogens with zero attached hydrogens (tertiary/aromatic N) is 1. The van der Waals surface area contributed by atoms with Crippen LogP contribution < -0.4 is 10.5 Å². The smallest absolute Gasteiger partial charge is 0.214 e. The second kappa shape index (κ2) is 3.43. The van der Waals surface area contributed by atoms with E-state index >= 15 is 0 Å². The molecule has 1 heterocycles. The average molecular weight is 166 g/mol. The van der Waals surface area contributed by atoms with Gasteiger partial charge in [0.1, 0.15) is 5.82 Å². The molecule has 0 aromatic carbocycles. The Labute approximate surface area is 72.6 Å². The summed E-state index contributed by atoms with van der Waals surface area (Å²) in [6, 6.07) is 3.78. The van der Waals surface area contributed by atoms with E-state index in [1.54, 1.807) is 7.11 Å². The zero-order chi connectivity index (χ0) is 9.14. The Morgan fingerprint density at radius 1 is 1.42 bits per heavy atom. The summed E-state index contributed by atoms with van der Waals surface area (Å²) in [5.74, 6) is 1.53. The molecule has 0 aliphatic carbocycles. The van der Waals surface area contributed by atoms with E-state index in [2.05, 4.69) is 18.8 Å². The molecule has 3 nitrogen and oxygen atoms in total. The van der Waals surface area contributed by atoms with Crippen molar-refractivity contribution in [3.8, 4) is 5.88 Å². The zero-order valence-electron chi connectivity index (χ0n) is 7.66. The minimum absolute atomic E-state index is 0.406. The average Bonchev–Trinajstić information content (AvgIpc) is 2.03. The van der Waals surface area contributed by atoms with Crippen molar-refractivity contribution in [2.75, 3.05) is 12.8 Å². The molecule has 0 aliphatic heterocycles. The van der Waals surface area contributed by atoms with Crippen molar-refractivity contribution in [2.24, 2.45) is 0 Å². The Morgan fingerprint density at radius 3 is 2.50 bits per heavy atom. The molecule has 0 bridgehead atoms. The fourth-order valence-corrected chi connectivity index (χ4v) is 1.07. The maximum atomic E-state index is 5.71. The molecule has 0 fully saturated rings. The number of rotatable bonds is 2. The van der Waals surface area contributed by atoms with E-state index in [0.717, 1.165) is 5.56 Å². The topological polar surface area (TPSA) is 48.1 Å². The summed E-state index contributed by atoms with van der Waals surface area (Å²) in [5, 5.41) is 0. The van der Waals surface area contributed by atoms with Crippen molar-refractivity contribution < 1.29 is 4.74 Å². The number of anilines is 1. The van der Waals surface area contributed by atoms with Crippen LogP contribution in [-0.2, 0) is 0 Å². The second-order valence-corrected chi connectivity index (χ2v) is 2.98. The fraction of sp³-hybridized carbons (Fsp3) is 0.444. The van der Waals surface area contributed by atoms with Gasteiger partial charge in [-0.1, -0.05) is 13.8 Å². The minimum atomic E-state index is 0.406. The van der Waals surface area contributed by atoms with Crippen LogP contribution in [0.15, 0.2) is 12.1 Å². The van der Waals surface area contributed by atoms with Gasteiger partial charge in [0, 0.05) is 6.07 Å². The van der Waals surface area contributed by atoms with Crippen LogP contribution in [0, 0.1) is 0 Å². The minimum Gasteiger partial charge on any atom is -0.481 e. The maximum Gasteiger partial charge on any atom is 0.214 e. The van der Waals surface area contributed by atoms with E-state index in [1.807, 2.05) is 12.1 Å². The van der Waals surface area contributed by atoms with Crippen LogP contribution >= 0.6 is 0 Å². The first-order chi connectivity index (χ1) is 5.65. The SMILES string of the molecule is COc1ccc(C(C)C)c(N)n1. The largest absolute Gasteiger partial charge is 0.481 e. The van der Waals surface area contributed by atoms with Crippen LogP contribution in [0.5, 0.6) is 5.88 Å². The highest BCUT2D eigenvalue weighted by atomic mass is 16.5. The van der Waals surface area contributed by atoms with Crippen molar-refractivity contribution in [1.29, 1.82) is 0 Å². The first kappa shape index (κ1) is 8.84. The molecule has 12 heavy (non-hydrogen) atoms. The quantitative estimate of drug-likeness (QED) is 0.728. The van der Waals surface area contributed by atoms with Crippen molar-refractivity contribution in [1.82, 2.24) is 4.98 Å². The van der Waals surface area contributed by atoms with Gasteiger partial charge in [0.15, 0.2) is 0 Å². The molecule has 0 spiro atoms. The van der Waals surface area contributed by atoms with Crippen molar-refractivity contribution in [3.63, 3.8) is 0 Å². The standard InChI is InChI=1S/C9H14N2O/c1-6(2)7-4-5-8(12-3)11-9(7)10/h4-6H,1-3H3,(H2,10,11). The Hall–Kier alpha value is -1.25. The van der Waals surface area contributed by atoms with Gasteiger partial charge in [-0.2, -0.15) is 4.98 Å². The number of methoxy groups -OCH3 is 1. The fourth-order valence-electron chi connectivity index (χ4n) is 1.07. The maximum absolute atomic E-state index is 5.71. The molecule has 0 aliphatic rings. The Bertz CT molecular complexity index is 271. The van der Waals surface area contributed by atoms with E-state index in [1.165, 1.54) is 0 Å². The van der Waals surface area contributed by atoms with Gasteiger partial charge in [0.25, 0.3) is 0 Å². The van der Waals surface area contributed by atoms with Gasteiger partial charge in [-0.15, -0.1) is 0 Å². The van der Waals surface area contributed by atoms with Gasteiger partial charge in [0.05, 0.1) is 7.11 Å². The highest BCUT2D eigenvalue weighted by molar-refractivity contribution is 5.43. The zero-order valence-corrected chi connectivity index (χ0v) is 7.66. The van der Waals surface area contributed by atoms with Gasteiger partial charge in [0.2, 0.25) is 5.88 Å². The lowest BCUT2D eigenvalue weighted by molar-refractivity contribution is 0.398. The van der Waals surface area contributed by atoms with E-state index in [0.29, 0.717) is 17.6 Å². The summed E-state index contributed by atoms with van der Waals surface area (Å²) < 4.78 is 4.94. The van der Waals surface area contributed by atoms with Gasteiger partial charge >= 0.3 is 0 Å². The summed E-state index contributed by atoms with van der Waals surface area (Å²) in [4.78, 5) is 4.07. The normalized spacial score (nSPS) is 10.3. The molecule has 0 saturated carbocycles. The van der Waals surface area contributed by atoms with E-state index in [9.17, 15) is 0 Å². The summed E-state index contributed by atoms with van der Waals surface area (Å²) in [6.45, 7) is 4.17. The predicted octanol–water partition coefficient (Wildman–Crippen LogP) is 1.80. The Balaban J connectivity index is 3.03. The number of ether oxygens (including phenoxy) is 1. The lowest BCUT2D eigenvalue weighted by Gasteiger charge is -2.08. The number of aromatic nitrogens is 1. The second-order valence-electron chi connectivity index (χ2n) is 2.98. The van der Waals surface area contributed by atoms with Crippen LogP contribution in [0.1, 0.15) is 25.3 Å². The molecular formula is C9H14N2O. The molecular weight excluding hydrogens is 152 g/mol. The lowest BCUT2D eigenvalue weighted by Crippen LogP contribution is -2.00. The number of hydrogen-bond donors (Lipinski definition) is 1. The van der Waals surface area contributed by atoms with Gasteiger partial charge in [-0.3, -0.25) is 0 Å². The molecule has 0 amide bonds. The van der Waals surface area contributed by atoms with Crippen LogP contribution in [0.2, 0.25) is 0 Å². The van der Waals surface area contributed by atoms with E-state index in [-0.39, 0.29) is 0 Å². The Kier molecular flexibility index (Phi) is 2.53. The third-order valence-corrected chi connectivity index (χ3v) is 1.76. The molecule has 1 aromatic rings. The van der Waals surface area contributed by atoms with E-state index < -0.39 is 0 Å². The number of hydrogen-bond acceptors (Lipinski definition) is 3. The molecule has 3 heteroatoms. The summed E-state index contributed by atoms with van der Waals surface area (Å²) in [5.41, 5.74) is 6.77. The molecule has 0 unspecified atom stereocenters. The highest BCUT2D eigenvalue weighted by Gasteiger charge is 2.05. The third kappa shape index (κ3) is 1.67. The lowest BCUT2D eigenvalue weighted by atomic mass is 10.1. The van der Waals surface area contributed by atoms with Crippen molar-refractivity contribution >= 4 is 5.82 Å². The highest BCUT2D eigenvalue weighted by Crippen LogP contribution is 2.21. The first-order valence-corrected chi connectivity index (χ1v) is 3.95. The van der Waals surface area contributed by atoms with Gasteiger partial charge < -0.3 is 10.5 Å². The molecule has 2 N–H and O–H groups in total. The summed E-state index contributed by atoms with van der Waals surface area (Å²) in [7, 11) is 1.58. The van der Waals surface area contributed by atoms with Crippen molar-refractivity contribution in [3.05, 3.63) is 17.7 Å². The Morgan fingerprint density at radius 2 is 2.08 bits per heavy atom. The van der Waals surface area contributed by atoms with Crippen LogP contribution in [-0.4, -0.2) is 12.1 Å². The third-order valence-electron chi connectivity index (χ3n) is 1.76. The molecule has 66 valence electrons. The molecule has 1 rings (SSSR count). The van der Waals surface area contributed by atoms with Gasteiger partial charge in [-0.25, -0.2) is 0 Å². The molecule has 0 radical (unpaired) electrons. The van der Waals surface area contributed by atoms with Crippen LogP contribution in [0.4, 0.5) is 5.82 Å². The first-order valence-electron chi connectivity index (χ1n) is 3.95. The number of nitrogens with two attached hydrogens (primary N) is 1. The summed E-state index contributed by atoms with van der Waals surface area (Å²) in [6.07, 6.45) is 0. The van der Waals surface area contributed by atoms with Gasteiger partial charge in [-0.05, 0) is 17.5 Å². The number of pyridine rings is 1. The van der Waals surface area contributed by atoms with Crippen molar-refractivity contribution in [2.45, 2.75) is 19.8 Å².